The zero-order valence-electron chi connectivity index (χ0n) is 16.7. The zero-order chi connectivity index (χ0) is 20.4. The van der Waals surface area contributed by atoms with Gasteiger partial charge < -0.3 is 14.2 Å². The van der Waals surface area contributed by atoms with E-state index >= 15 is 4.39 Å². The van der Waals surface area contributed by atoms with Gasteiger partial charge in [0.1, 0.15) is 18.0 Å². The average Bonchev–Trinajstić information content (AvgIpc) is 3.30. The normalized spacial score (nSPS) is 22.3. The van der Waals surface area contributed by atoms with E-state index < -0.39 is 0 Å². The molecular formula is C21H21FN6O2. The zero-order valence-corrected chi connectivity index (χ0v) is 16.7. The Morgan fingerprint density at radius 3 is 2.67 bits per heavy atom. The summed E-state index contributed by atoms with van der Waals surface area (Å²) in [7, 11) is 0. The number of imidazole rings is 1. The number of rotatable bonds is 3. The number of hydrogen-bond donors (Lipinski definition) is 0. The largest absolute Gasteiger partial charge is 0.377 e. The maximum atomic E-state index is 15.0. The first-order valence-electron chi connectivity index (χ1n) is 10.3. The van der Waals surface area contributed by atoms with Crippen molar-refractivity contribution < 1.29 is 13.7 Å². The fourth-order valence-electron chi connectivity index (χ4n) is 4.31. The van der Waals surface area contributed by atoms with Crippen LogP contribution in [0.5, 0.6) is 0 Å². The quantitative estimate of drug-likeness (QED) is 0.513. The lowest BCUT2D eigenvalue weighted by Crippen LogP contribution is -2.50. The van der Waals surface area contributed by atoms with Crippen LogP contribution in [-0.4, -0.2) is 49.8 Å². The highest BCUT2D eigenvalue weighted by molar-refractivity contribution is 5.94. The van der Waals surface area contributed by atoms with Crippen LogP contribution in [0, 0.1) is 5.82 Å². The van der Waals surface area contributed by atoms with Gasteiger partial charge in [-0.1, -0.05) is 11.2 Å². The summed E-state index contributed by atoms with van der Waals surface area (Å²) in [6.45, 7) is 5.25. The van der Waals surface area contributed by atoms with Crippen molar-refractivity contribution in [3.8, 4) is 11.5 Å². The topological polar surface area (TPSA) is 81.6 Å². The predicted octanol–water partition coefficient (Wildman–Crippen LogP) is 3.56. The van der Waals surface area contributed by atoms with Gasteiger partial charge >= 0.3 is 0 Å². The molecule has 1 aliphatic carbocycles. The molecule has 0 amide bonds. The van der Waals surface area contributed by atoms with Crippen LogP contribution in [0.3, 0.4) is 0 Å². The van der Waals surface area contributed by atoms with Gasteiger partial charge in [-0.3, -0.25) is 4.40 Å². The Kier molecular flexibility index (Phi) is 3.83. The van der Waals surface area contributed by atoms with Crippen LogP contribution in [0.1, 0.15) is 38.5 Å². The first-order chi connectivity index (χ1) is 14.6. The molecule has 0 bridgehead atoms. The highest BCUT2D eigenvalue weighted by atomic mass is 19.1. The summed E-state index contributed by atoms with van der Waals surface area (Å²) in [5, 5.41) is 4.60. The van der Waals surface area contributed by atoms with Crippen molar-refractivity contribution >= 4 is 22.4 Å². The summed E-state index contributed by atoms with van der Waals surface area (Å²) in [6, 6.07) is 5.17. The molecule has 2 aliphatic rings. The molecule has 1 aromatic carbocycles. The molecule has 1 saturated heterocycles. The molecule has 2 atom stereocenters. The Hall–Kier alpha value is -3.07. The van der Waals surface area contributed by atoms with Crippen LogP contribution in [-0.2, 0) is 4.74 Å². The molecule has 0 spiro atoms. The minimum atomic E-state index is -0.311. The van der Waals surface area contributed by atoms with E-state index in [0.717, 1.165) is 12.8 Å². The minimum absolute atomic E-state index is 0.0597. The van der Waals surface area contributed by atoms with E-state index in [2.05, 4.69) is 33.9 Å². The number of ether oxygens (including phenoxy) is 1. The van der Waals surface area contributed by atoms with Crippen molar-refractivity contribution in [2.24, 2.45) is 0 Å². The summed E-state index contributed by atoms with van der Waals surface area (Å²) < 4.78 is 27.9. The number of halogens is 1. The molecule has 4 aromatic rings. The first kappa shape index (κ1) is 17.8. The molecule has 9 heteroatoms. The number of benzene rings is 1. The Balaban J connectivity index is 1.61. The Morgan fingerprint density at radius 1 is 1.10 bits per heavy atom. The van der Waals surface area contributed by atoms with Crippen molar-refractivity contribution in [2.45, 2.75) is 44.7 Å². The summed E-state index contributed by atoms with van der Waals surface area (Å²) >= 11 is 0. The Bertz CT molecular complexity index is 1250. The van der Waals surface area contributed by atoms with Gasteiger partial charge in [0.05, 0.1) is 36.2 Å². The highest BCUT2D eigenvalue weighted by Gasteiger charge is 2.32. The summed E-state index contributed by atoms with van der Waals surface area (Å²) in [4.78, 5) is 16.1. The molecule has 0 radical (unpaired) electrons. The molecule has 2 unspecified atom stereocenters. The lowest BCUT2D eigenvalue weighted by molar-refractivity contribution is 0.0754. The first-order valence-corrected chi connectivity index (χ1v) is 10.3. The molecule has 3 aromatic heterocycles. The van der Waals surface area contributed by atoms with Gasteiger partial charge in [-0.05, 0) is 38.8 Å². The maximum absolute atomic E-state index is 15.0. The molecule has 30 heavy (non-hydrogen) atoms. The van der Waals surface area contributed by atoms with Gasteiger partial charge in [-0.15, -0.1) is 0 Å². The molecule has 154 valence electrons. The standard InChI is InChI=1S/C21H21FN6O2/c1-11-8-29-9-12(2)28(11)19-16-14(22)4-3-5-15(16)27-10-23-17(20(27)25-19)18-24-21(30-26-18)13-6-7-13/h3-5,10-13H,6-9H2,1-2H3. The molecule has 4 heterocycles. The smallest absolute Gasteiger partial charge is 0.230 e. The van der Waals surface area contributed by atoms with Crippen molar-refractivity contribution in [1.29, 1.82) is 0 Å². The van der Waals surface area contributed by atoms with Gasteiger partial charge in [0.15, 0.2) is 11.3 Å². The van der Waals surface area contributed by atoms with Gasteiger partial charge in [0.2, 0.25) is 11.7 Å². The highest BCUT2D eigenvalue weighted by Crippen LogP contribution is 2.40. The number of fused-ring (bicyclic) bond motifs is 3. The maximum Gasteiger partial charge on any atom is 0.230 e. The second-order valence-electron chi connectivity index (χ2n) is 8.23. The number of nitrogens with zero attached hydrogens (tertiary/aromatic N) is 6. The summed E-state index contributed by atoms with van der Waals surface area (Å²) in [5.74, 6) is 1.69. The van der Waals surface area contributed by atoms with E-state index in [-0.39, 0.29) is 17.9 Å². The fraction of sp³-hybridized carbons (Fsp3) is 0.429. The van der Waals surface area contributed by atoms with E-state index in [9.17, 15) is 0 Å². The van der Waals surface area contributed by atoms with E-state index in [1.165, 1.54) is 6.07 Å². The third-order valence-electron chi connectivity index (χ3n) is 5.92. The predicted molar refractivity (Wildman–Crippen MR) is 108 cm³/mol. The lowest BCUT2D eigenvalue weighted by atomic mass is 10.1. The van der Waals surface area contributed by atoms with Crippen molar-refractivity contribution in [1.82, 2.24) is 24.5 Å². The Labute approximate surface area is 171 Å². The third-order valence-corrected chi connectivity index (χ3v) is 5.92. The van der Waals surface area contributed by atoms with E-state index in [1.54, 1.807) is 16.8 Å². The van der Waals surface area contributed by atoms with Gasteiger partial charge in [-0.2, -0.15) is 4.98 Å². The molecule has 6 rings (SSSR count). The van der Waals surface area contributed by atoms with Crippen LogP contribution in [0.4, 0.5) is 10.2 Å². The second kappa shape index (κ2) is 6.46. The lowest BCUT2D eigenvalue weighted by Gasteiger charge is -2.40. The SMILES string of the molecule is CC1COCC(C)N1c1nc2c(-c3noc(C4CC4)n3)ncn2c2cccc(F)c12. The number of morpholine rings is 1. The molecule has 2 fully saturated rings. The second-order valence-corrected chi connectivity index (χ2v) is 8.23. The fourth-order valence-corrected chi connectivity index (χ4v) is 4.31. The van der Waals surface area contributed by atoms with Crippen molar-refractivity contribution in [3.05, 3.63) is 36.2 Å². The van der Waals surface area contributed by atoms with Crippen LogP contribution >= 0.6 is 0 Å². The van der Waals surface area contributed by atoms with Gasteiger partial charge in [-0.25, -0.2) is 14.4 Å². The molecular weight excluding hydrogens is 387 g/mol. The monoisotopic (exact) mass is 408 g/mol. The van der Waals surface area contributed by atoms with E-state index in [1.807, 2.05) is 6.07 Å². The molecule has 1 aliphatic heterocycles. The summed E-state index contributed by atoms with van der Waals surface area (Å²) in [5.41, 5.74) is 1.81. The summed E-state index contributed by atoms with van der Waals surface area (Å²) in [6.07, 6.45) is 3.79. The molecule has 1 saturated carbocycles. The number of aromatic nitrogens is 5. The van der Waals surface area contributed by atoms with E-state index in [4.69, 9.17) is 14.2 Å². The minimum Gasteiger partial charge on any atom is -0.377 e. The molecule has 0 N–H and O–H groups in total. The number of anilines is 1. The van der Waals surface area contributed by atoms with Crippen LogP contribution in [0.2, 0.25) is 0 Å². The molecule has 8 nitrogen and oxygen atoms in total. The third kappa shape index (κ3) is 2.61. The van der Waals surface area contributed by atoms with Gasteiger partial charge in [0.25, 0.3) is 0 Å². The van der Waals surface area contributed by atoms with Crippen LogP contribution < -0.4 is 4.90 Å². The van der Waals surface area contributed by atoms with Crippen LogP contribution in [0.15, 0.2) is 29.0 Å². The average molecular weight is 408 g/mol. The van der Waals surface area contributed by atoms with Gasteiger partial charge in [0, 0.05) is 5.92 Å². The van der Waals surface area contributed by atoms with Crippen LogP contribution in [0.25, 0.3) is 28.1 Å². The number of hydrogen-bond acceptors (Lipinski definition) is 7. The van der Waals surface area contributed by atoms with E-state index in [0.29, 0.717) is 58.9 Å². The van der Waals surface area contributed by atoms with Crippen molar-refractivity contribution in [3.63, 3.8) is 0 Å². The Morgan fingerprint density at radius 2 is 1.90 bits per heavy atom. The van der Waals surface area contributed by atoms with Crippen molar-refractivity contribution in [2.75, 3.05) is 18.1 Å².